The van der Waals surface area contributed by atoms with E-state index in [0.29, 0.717) is 0 Å². The number of aromatic hydroxyl groups is 1. The van der Waals surface area contributed by atoms with Crippen molar-refractivity contribution in [3.05, 3.63) is 54.6 Å². The number of hydrogen-bond acceptors (Lipinski definition) is 3. The van der Waals surface area contributed by atoms with Gasteiger partial charge in [-0.05, 0) is 36.4 Å². The van der Waals surface area contributed by atoms with Crippen LogP contribution >= 0.6 is 0 Å². The van der Waals surface area contributed by atoms with E-state index in [9.17, 15) is 9.32 Å². The van der Waals surface area contributed by atoms with Gasteiger partial charge in [-0.15, -0.1) is 0 Å². The zero-order valence-electron chi connectivity index (χ0n) is 9.69. The van der Waals surface area contributed by atoms with E-state index in [2.05, 4.69) is 4.90 Å². The van der Waals surface area contributed by atoms with Crippen LogP contribution in [0.5, 0.6) is 5.75 Å². The maximum absolute atomic E-state index is 12.3. The molecule has 0 bridgehead atoms. The van der Waals surface area contributed by atoms with Gasteiger partial charge in [-0.2, -0.15) is 0 Å². The number of nitrogens with zero attached hydrogens (tertiary/aromatic N) is 1. The second kappa shape index (κ2) is 4.46. The molecular weight excluding hydrogens is 246 g/mol. The van der Waals surface area contributed by atoms with E-state index in [4.69, 9.17) is 0 Å². The van der Waals surface area contributed by atoms with Crippen LogP contribution in [-0.2, 0) is 10.8 Å². The molecule has 0 amide bonds. The fourth-order valence-corrected chi connectivity index (χ4v) is 3.32. The summed E-state index contributed by atoms with van der Waals surface area (Å²) in [4.78, 5) is 2.94. The van der Waals surface area contributed by atoms with E-state index >= 15 is 0 Å². The number of anilines is 1. The highest BCUT2D eigenvalue weighted by atomic mass is 32.2. The maximum atomic E-state index is 12.3. The van der Waals surface area contributed by atoms with Gasteiger partial charge in [0.25, 0.3) is 0 Å². The minimum Gasteiger partial charge on any atom is -0.508 e. The third kappa shape index (κ3) is 2.11. The van der Waals surface area contributed by atoms with Crippen LogP contribution in [0, 0.1) is 0 Å². The SMILES string of the molecule is O=S(c1ccccc1)[C@@H]1CN1c1ccc(O)cc1. The Morgan fingerprint density at radius 1 is 1.06 bits per heavy atom. The summed E-state index contributed by atoms with van der Waals surface area (Å²) in [5, 5.41) is 9.29. The third-order valence-electron chi connectivity index (χ3n) is 2.97. The molecular formula is C14H13NO2S. The molecule has 1 aliphatic rings. The molecule has 1 aliphatic heterocycles. The van der Waals surface area contributed by atoms with Gasteiger partial charge in [-0.1, -0.05) is 18.2 Å². The van der Waals surface area contributed by atoms with Crippen molar-refractivity contribution in [2.45, 2.75) is 10.3 Å². The molecule has 0 radical (unpaired) electrons. The minimum atomic E-state index is -0.997. The molecule has 1 heterocycles. The van der Waals surface area contributed by atoms with Crippen LogP contribution in [-0.4, -0.2) is 21.2 Å². The molecule has 4 heteroatoms. The zero-order chi connectivity index (χ0) is 12.5. The summed E-state index contributed by atoms with van der Waals surface area (Å²) < 4.78 is 12.3. The quantitative estimate of drug-likeness (QED) is 0.860. The Kier molecular flexibility index (Phi) is 2.80. The third-order valence-corrected chi connectivity index (χ3v) is 4.61. The van der Waals surface area contributed by atoms with Gasteiger partial charge >= 0.3 is 0 Å². The standard InChI is InChI=1S/C14H13NO2S/c16-12-8-6-11(7-9-12)15-10-14(15)18(17)13-4-2-1-3-5-13/h1-9,14,16H,10H2/t14-,15?,18?/m1/s1. The number of phenolic OH excluding ortho intramolecular Hbond substituents is 1. The molecule has 1 fully saturated rings. The summed E-state index contributed by atoms with van der Waals surface area (Å²) in [6.07, 6.45) is 0. The van der Waals surface area contributed by atoms with Crippen LogP contribution in [0.15, 0.2) is 59.5 Å². The van der Waals surface area contributed by atoms with Crippen LogP contribution in [0.1, 0.15) is 0 Å². The molecule has 2 aromatic rings. The average Bonchev–Trinajstić information content (AvgIpc) is 3.20. The topological polar surface area (TPSA) is 40.3 Å². The molecule has 3 rings (SSSR count). The lowest BCUT2D eigenvalue weighted by Crippen LogP contribution is -2.06. The lowest BCUT2D eigenvalue weighted by molar-refractivity contribution is 0.475. The van der Waals surface area contributed by atoms with Crippen LogP contribution in [0.3, 0.4) is 0 Å². The molecule has 0 aromatic heterocycles. The maximum Gasteiger partial charge on any atom is 0.127 e. The summed E-state index contributed by atoms with van der Waals surface area (Å²) in [7, 11) is -0.997. The summed E-state index contributed by atoms with van der Waals surface area (Å²) in [5.74, 6) is 0.251. The number of rotatable bonds is 3. The first-order valence-electron chi connectivity index (χ1n) is 5.77. The molecule has 1 N–H and O–H groups in total. The minimum absolute atomic E-state index is 0.0527. The second-order valence-electron chi connectivity index (χ2n) is 4.23. The first-order chi connectivity index (χ1) is 8.75. The Labute approximate surface area is 108 Å². The Hall–Kier alpha value is -1.81. The highest BCUT2D eigenvalue weighted by Crippen LogP contribution is 2.33. The molecule has 0 spiro atoms. The summed E-state index contributed by atoms with van der Waals surface area (Å²) in [6.45, 7) is 0.798. The van der Waals surface area contributed by atoms with Crippen molar-refractivity contribution in [2.75, 3.05) is 11.4 Å². The molecule has 1 saturated heterocycles. The smallest absolute Gasteiger partial charge is 0.127 e. The van der Waals surface area contributed by atoms with Gasteiger partial charge in [0, 0.05) is 10.6 Å². The molecule has 18 heavy (non-hydrogen) atoms. The largest absolute Gasteiger partial charge is 0.508 e. The fraction of sp³-hybridized carbons (Fsp3) is 0.143. The molecule has 0 saturated carbocycles. The van der Waals surface area contributed by atoms with E-state index < -0.39 is 10.8 Å². The van der Waals surface area contributed by atoms with Crippen molar-refractivity contribution < 1.29 is 9.32 Å². The highest BCUT2D eigenvalue weighted by molar-refractivity contribution is 7.86. The van der Waals surface area contributed by atoms with Crippen LogP contribution in [0.25, 0.3) is 0 Å². The zero-order valence-corrected chi connectivity index (χ0v) is 10.5. The van der Waals surface area contributed by atoms with Gasteiger partial charge < -0.3 is 10.0 Å². The monoisotopic (exact) mass is 259 g/mol. The summed E-state index contributed by atoms with van der Waals surface area (Å²) >= 11 is 0. The van der Waals surface area contributed by atoms with Gasteiger partial charge in [0.1, 0.15) is 11.1 Å². The second-order valence-corrected chi connectivity index (χ2v) is 5.84. The van der Waals surface area contributed by atoms with Crippen LogP contribution in [0.2, 0.25) is 0 Å². The van der Waals surface area contributed by atoms with E-state index in [1.54, 1.807) is 12.1 Å². The van der Waals surface area contributed by atoms with Crippen LogP contribution in [0.4, 0.5) is 5.69 Å². The Balaban J connectivity index is 1.75. The van der Waals surface area contributed by atoms with E-state index in [1.165, 1.54) is 0 Å². The first-order valence-corrected chi connectivity index (χ1v) is 6.98. The number of hydrogen-bond donors (Lipinski definition) is 1. The van der Waals surface area contributed by atoms with Crippen molar-refractivity contribution in [1.29, 1.82) is 0 Å². The highest BCUT2D eigenvalue weighted by Gasteiger charge is 2.39. The van der Waals surface area contributed by atoms with Gasteiger partial charge in [0.05, 0.1) is 17.3 Å². The lowest BCUT2D eigenvalue weighted by Gasteiger charge is -2.05. The van der Waals surface area contributed by atoms with Crippen molar-refractivity contribution >= 4 is 16.5 Å². The molecule has 2 atom stereocenters. The number of benzene rings is 2. The summed E-state index contributed by atoms with van der Waals surface area (Å²) in [6, 6.07) is 16.5. The van der Waals surface area contributed by atoms with E-state index in [0.717, 1.165) is 17.1 Å². The molecule has 92 valence electrons. The molecule has 1 unspecified atom stereocenters. The van der Waals surface area contributed by atoms with Crippen molar-refractivity contribution in [3.63, 3.8) is 0 Å². The molecule has 3 nitrogen and oxygen atoms in total. The average molecular weight is 259 g/mol. The van der Waals surface area contributed by atoms with Gasteiger partial charge in [0.2, 0.25) is 0 Å². The van der Waals surface area contributed by atoms with E-state index in [-0.39, 0.29) is 11.1 Å². The normalized spacial score (nSPS) is 19.6. The lowest BCUT2D eigenvalue weighted by atomic mass is 10.3. The molecule has 2 aromatic carbocycles. The summed E-state index contributed by atoms with van der Waals surface area (Å²) in [5.41, 5.74) is 1.00. The van der Waals surface area contributed by atoms with Gasteiger partial charge in [-0.3, -0.25) is 4.21 Å². The van der Waals surface area contributed by atoms with E-state index in [1.807, 2.05) is 42.5 Å². The predicted octanol–water partition coefficient (Wildman–Crippen LogP) is 2.35. The van der Waals surface area contributed by atoms with Crippen molar-refractivity contribution in [1.82, 2.24) is 0 Å². The Morgan fingerprint density at radius 2 is 1.72 bits per heavy atom. The predicted molar refractivity (Wildman–Crippen MR) is 72.1 cm³/mol. The Bertz CT molecular complexity index is 568. The van der Waals surface area contributed by atoms with Crippen LogP contribution < -0.4 is 4.90 Å². The fourth-order valence-electron chi connectivity index (χ4n) is 1.93. The first kappa shape index (κ1) is 11.3. The van der Waals surface area contributed by atoms with Crippen molar-refractivity contribution in [2.24, 2.45) is 0 Å². The van der Waals surface area contributed by atoms with Crippen molar-refractivity contribution in [3.8, 4) is 5.75 Å². The molecule has 0 aliphatic carbocycles. The Morgan fingerprint density at radius 3 is 2.39 bits per heavy atom. The van der Waals surface area contributed by atoms with Gasteiger partial charge in [0.15, 0.2) is 0 Å². The number of phenols is 1. The van der Waals surface area contributed by atoms with Gasteiger partial charge in [-0.25, -0.2) is 0 Å².